The average molecular weight is 306 g/mol. The van der Waals surface area contributed by atoms with E-state index < -0.39 is 10.0 Å². The van der Waals surface area contributed by atoms with E-state index in [1.165, 1.54) is 16.4 Å². The molecule has 0 fully saturated rings. The Hall–Kier alpha value is -1.68. The molecule has 1 aromatic carbocycles. The van der Waals surface area contributed by atoms with Crippen LogP contribution in [0.4, 0.5) is 0 Å². The summed E-state index contributed by atoms with van der Waals surface area (Å²) in [6.07, 6.45) is 0. The monoisotopic (exact) mass is 306 g/mol. The van der Waals surface area contributed by atoms with Crippen LogP contribution in [0, 0.1) is 11.3 Å². The van der Waals surface area contributed by atoms with E-state index >= 15 is 0 Å². The molecule has 0 N–H and O–H groups in total. The molecule has 6 heteroatoms. The van der Waals surface area contributed by atoms with Gasteiger partial charge in [0.2, 0.25) is 0 Å². The fraction of sp³-hybridized carbons (Fsp3) is 0.214. The van der Waals surface area contributed by atoms with E-state index in [1.54, 1.807) is 6.92 Å². The van der Waals surface area contributed by atoms with Gasteiger partial charge in [-0.05, 0) is 17.7 Å². The standard InChI is InChI=1S/C14H14N2O2S2/c1-2-16(11-12-6-4-3-5-7-12)20(17,18)14-9-8-13(10-15)19-14/h3-9H,2,11H2,1H3. The van der Waals surface area contributed by atoms with Gasteiger partial charge in [0.05, 0.1) is 0 Å². The van der Waals surface area contributed by atoms with Crippen LogP contribution < -0.4 is 0 Å². The Morgan fingerprint density at radius 3 is 2.45 bits per heavy atom. The lowest BCUT2D eigenvalue weighted by atomic mass is 10.2. The highest BCUT2D eigenvalue weighted by Gasteiger charge is 2.25. The van der Waals surface area contributed by atoms with Gasteiger partial charge in [0, 0.05) is 13.1 Å². The largest absolute Gasteiger partial charge is 0.252 e. The smallest absolute Gasteiger partial charge is 0.206 e. The second-order valence-corrected chi connectivity index (χ2v) is 7.40. The van der Waals surface area contributed by atoms with Gasteiger partial charge >= 0.3 is 0 Å². The van der Waals surface area contributed by atoms with Gasteiger partial charge in [-0.25, -0.2) is 8.42 Å². The Kier molecular flexibility index (Phi) is 4.55. The lowest BCUT2D eigenvalue weighted by molar-refractivity contribution is 0.425. The molecule has 0 aliphatic rings. The molecule has 104 valence electrons. The molecular weight excluding hydrogens is 292 g/mol. The van der Waals surface area contributed by atoms with Crippen LogP contribution in [-0.4, -0.2) is 19.3 Å². The first kappa shape index (κ1) is 14.7. The van der Waals surface area contributed by atoms with E-state index in [2.05, 4.69) is 0 Å². The molecule has 0 amide bonds. The summed E-state index contributed by atoms with van der Waals surface area (Å²) in [7, 11) is -3.54. The number of benzene rings is 1. The normalized spacial score (nSPS) is 11.4. The van der Waals surface area contributed by atoms with Crippen molar-refractivity contribution in [1.29, 1.82) is 5.26 Å². The molecule has 0 atom stereocenters. The molecule has 0 saturated heterocycles. The third kappa shape index (κ3) is 3.07. The van der Waals surface area contributed by atoms with Crippen molar-refractivity contribution in [3.05, 3.63) is 52.9 Å². The highest BCUT2D eigenvalue weighted by Crippen LogP contribution is 2.25. The van der Waals surface area contributed by atoms with Crippen LogP contribution in [0.1, 0.15) is 17.4 Å². The maximum Gasteiger partial charge on any atom is 0.252 e. The quantitative estimate of drug-likeness (QED) is 0.853. The van der Waals surface area contributed by atoms with Crippen molar-refractivity contribution in [3.63, 3.8) is 0 Å². The molecule has 0 bridgehead atoms. The minimum absolute atomic E-state index is 0.215. The number of nitrogens with zero attached hydrogens (tertiary/aromatic N) is 2. The zero-order valence-corrected chi connectivity index (χ0v) is 12.6. The fourth-order valence-corrected chi connectivity index (χ4v) is 4.49. The van der Waals surface area contributed by atoms with Gasteiger partial charge in [-0.15, -0.1) is 11.3 Å². The summed E-state index contributed by atoms with van der Waals surface area (Å²) >= 11 is 1.00. The molecule has 0 unspecified atom stereocenters. The van der Waals surface area contributed by atoms with Crippen LogP contribution in [0.3, 0.4) is 0 Å². The molecule has 0 aliphatic heterocycles. The van der Waals surface area contributed by atoms with Gasteiger partial charge in [-0.3, -0.25) is 0 Å². The SMILES string of the molecule is CCN(Cc1ccccc1)S(=O)(=O)c1ccc(C#N)s1. The van der Waals surface area contributed by atoms with Gasteiger partial charge in [-0.2, -0.15) is 9.57 Å². The minimum atomic E-state index is -3.54. The van der Waals surface area contributed by atoms with E-state index in [9.17, 15) is 8.42 Å². The van der Waals surface area contributed by atoms with Crippen molar-refractivity contribution in [3.8, 4) is 6.07 Å². The second kappa shape index (κ2) is 6.18. The zero-order chi connectivity index (χ0) is 14.6. The predicted molar refractivity (Wildman–Crippen MR) is 78.7 cm³/mol. The molecule has 2 rings (SSSR count). The van der Waals surface area contributed by atoms with Gasteiger partial charge in [0.1, 0.15) is 15.2 Å². The number of hydrogen-bond acceptors (Lipinski definition) is 4. The summed E-state index contributed by atoms with van der Waals surface area (Å²) in [4.78, 5) is 0.402. The molecule has 1 heterocycles. The number of nitriles is 1. The van der Waals surface area contributed by atoms with Gasteiger partial charge in [-0.1, -0.05) is 37.3 Å². The van der Waals surface area contributed by atoms with Crippen LogP contribution >= 0.6 is 11.3 Å². The Morgan fingerprint density at radius 2 is 1.90 bits per heavy atom. The van der Waals surface area contributed by atoms with Crippen molar-refractivity contribution in [2.45, 2.75) is 17.7 Å². The molecule has 0 aliphatic carbocycles. The van der Waals surface area contributed by atoms with Gasteiger partial charge in [0.25, 0.3) is 10.0 Å². The third-order valence-corrected chi connectivity index (χ3v) is 6.22. The molecule has 2 aromatic rings. The van der Waals surface area contributed by atoms with E-state index in [-0.39, 0.29) is 4.21 Å². The van der Waals surface area contributed by atoms with Crippen molar-refractivity contribution in [1.82, 2.24) is 4.31 Å². The van der Waals surface area contributed by atoms with E-state index in [1.807, 2.05) is 36.4 Å². The summed E-state index contributed by atoms with van der Waals surface area (Å²) in [5.41, 5.74) is 0.940. The molecule has 0 radical (unpaired) electrons. The van der Waals surface area contributed by atoms with Gasteiger partial charge in [0.15, 0.2) is 0 Å². The summed E-state index contributed by atoms with van der Waals surface area (Å²) in [5, 5.41) is 8.80. The van der Waals surface area contributed by atoms with E-state index in [0.717, 1.165) is 16.9 Å². The highest BCUT2D eigenvalue weighted by molar-refractivity contribution is 7.91. The Balaban J connectivity index is 2.28. The van der Waals surface area contributed by atoms with E-state index in [4.69, 9.17) is 5.26 Å². The van der Waals surface area contributed by atoms with E-state index in [0.29, 0.717) is 18.0 Å². The Labute approximate surface area is 123 Å². The fourth-order valence-electron chi connectivity index (χ4n) is 1.80. The lowest BCUT2D eigenvalue weighted by Crippen LogP contribution is -2.29. The summed E-state index contributed by atoms with van der Waals surface area (Å²) in [6, 6.07) is 14.4. The second-order valence-electron chi connectivity index (χ2n) is 4.15. The average Bonchev–Trinajstić information content (AvgIpc) is 2.95. The predicted octanol–water partition coefficient (Wildman–Crippen LogP) is 2.83. The van der Waals surface area contributed by atoms with Crippen molar-refractivity contribution in [2.75, 3.05) is 6.54 Å². The molecule has 20 heavy (non-hydrogen) atoms. The molecule has 1 aromatic heterocycles. The van der Waals surface area contributed by atoms with Crippen LogP contribution in [0.2, 0.25) is 0 Å². The number of rotatable bonds is 5. The molecule has 4 nitrogen and oxygen atoms in total. The zero-order valence-electron chi connectivity index (χ0n) is 11.0. The highest BCUT2D eigenvalue weighted by atomic mass is 32.2. The van der Waals surface area contributed by atoms with Crippen LogP contribution in [0.15, 0.2) is 46.7 Å². The molecular formula is C14H14N2O2S2. The third-order valence-electron chi connectivity index (χ3n) is 2.84. The Bertz CT molecular complexity index is 715. The summed E-state index contributed by atoms with van der Waals surface area (Å²) < 4.78 is 26.7. The van der Waals surface area contributed by atoms with Crippen LogP contribution in [0.5, 0.6) is 0 Å². The lowest BCUT2D eigenvalue weighted by Gasteiger charge is -2.19. The first-order chi connectivity index (χ1) is 9.57. The molecule has 0 spiro atoms. The topological polar surface area (TPSA) is 61.2 Å². The van der Waals surface area contributed by atoms with Crippen molar-refractivity contribution < 1.29 is 8.42 Å². The molecule has 0 saturated carbocycles. The van der Waals surface area contributed by atoms with Gasteiger partial charge < -0.3 is 0 Å². The number of thiophene rings is 1. The first-order valence-electron chi connectivity index (χ1n) is 6.12. The summed E-state index contributed by atoms with van der Waals surface area (Å²) in [5.74, 6) is 0. The first-order valence-corrected chi connectivity index (χ1v) is 8.37. The van der Waals surface area contributed by atoms with Crippen molar-refractivity contribution >= 4 is 21.4 Å². The minimum Gasteiger partial charge on any atom is -0.206 e. The van der Waals surface area contributed by atoms with Crippen LogP contribution in [0.25, 0.3) is 0 Å². The number of sulfonamides is 1. The Morgan fingerprint density at radius 1 is 1.20 bits per heavy atom. The maximum absolute atomic E-state index is 12.5. The van der Waals surface area contributed by atoms with Crippen LogP contribution in [-0.2, 0) is 16.6 Å². The van der Waals surface area contributed by atoms with Crippen molar-refractivity contribution in [2.24, 2.45) is 0 Å². The number of hydrogen-bond donors (Lipinski definition) is 0. The summed E-state index contributed by atoms with van der Waals surface area (Å²) in [6.45, 7) is 2.52. The maximum atomic E-state index is 12.5.